The van der Waals surface area contributed by atoms with Crippen molar-refractivity contribution in [1.82, 2.24) is 5.32 Å². The fourth-order valence-electron chi connectivity index (χ4n) is 0.727. The molecule has 0 rings (SSSR count). The third-order valence-corrected chi connectivity index (χ3v) is 3.14. The summed E-state index contributed by atoms with van der Waals surface area (Å²) in [6.45, 7) is 6.50. The summed E-state index contributed by atoms with van der Waals surface area (Å²) in [7, 11) is 0. The van der Waals surface area contributed by atoms with Gasteiger partial charge in [0.05, 0.1) is 0 Å². The highest BCUT2D eigenvalue weighted by molar-refractivity contribution is 7.99. The van der Waals surface area contributed by atoms with E-state index in [0.29, 0.717) is 5.25 Å². The molecule has 0 radical (unpaired) electrons. The summed E-state index contributed by atoms with van der Waals surface area (Å²) in [5.41, 5.74) is 5.61. The van der Waals surface area contributed by atoms with Gasteiger partial charge in [0.25, 0.3) is 0 Å². The lowest BCUT2D eigenvalue weighted by molar-refractivity contribution is -0.124. The highest BCUT2D eigenvalue weighted by Gasteiger charge is 2.16. The molecule has 0 aromatic carbocycles. The minimum Gasteiger partial charge on any atom is -0.355 e. The number of rotatable bonds is 5. The van der Waals surface area contributed by atoms with Gasteiger partial charge < -0.3 is 11.1 Å². The molecule has 0 heterocycles. The van der Waals surface area contributed by atoms with E-state index in [4.69, 9.17) is 5.73 Å². The van der Waals surface area contributed by atoms with Gasteiger partial charge in [-0.1, -0.05) is 13.8 Å². The molecular weight excluding hydrogens is 184 g/mol. The van der Waals surface area contributed by atoms with E-state index in [-0.39, 0.29) is 17.9 Å². The molecule has 0 aliphatic heterocycles. The molecule has 0 bridgehead atoms. The maximum atomic E-state index is 11.4. The van der Waals surface area contributed by atoms with Crippen molar-refractivity contribution in [3.63, 3.8) is 0 Å². The Balaban J connectivity index is 3.74. The van der Waals surface area contributed by atoms with Crippen LogP contribution < -0.4 is 11.1 Å². The summed E-state index contributed by atoms with van der Waals surface area (Å²) in [6, 6.07) is -0.0791. The fraction of sp³-hybridized carbons (Fsp3) is 0.889. The lowest BCUT2D eigenvalue weighted by Gasteiger charge is -2.16. The normalized spacial score (nSPS) is 17.6. The fourth-order valence-corrected chi connectivity index (χ4v) is 0.977. The van der Waals surface area contributed by atoms with Crippen molar-refractivity contribution >= 4 is 17.7 Å². The van der Waals surface area contributed by atoms with Gasteiger partial charge in [-0.05, 0) is 13.2 Å². The average molecular weight is 204 g/mol. The summed E-state index contributed by atoms with van der Waals surface area (Å²) in [6.07, 6.45) is 2.03. The first-order valence-corrected chi connectivity index (χ1v) is 5.84. The second kappa shape index (κ2) is 6.27. The van der Waals surface area contributed by atoms with Crippen LogP contribution in [0.15, 0.2) is 0 Å². The van der Waals surface area contributed by atoms with Crippen molar-refractivity contribution in [2.24, 2.45) is 11.7 Å². The van der Waals surface area contributed by atoms with Crippen molar-refractivity contribution in [3.8, 4) is 0 Å². The van der Waals surface area contributed by atoms with Gasteiger partial charge in [0.1, 0.15) is 0 Å². The van der Waals surface area contributed by atoms with Crippen LogP contribution in [-0.4, -0.2) is 30.0 Å². The van der Waals surface area contributed by atoms with E-state index < -0.39 is 0 Å². The molecule has 1 amide bonds. The molecule has 0 aromatic heterocycles. The standard InChI is InChI=1S/C9H20N2OS/c1-6(13-4)5-11-9(12)7(2)8(3)10/h6-8H,5,10H2,1-4H3,(H,11,12). The molecule has 13 heavy (non-hydrogen) atoms. The highest BCUT2D eigenvalue weighted by Crippen LogP contribution is 2.04. The molecule has 0 spiro atoms. The number of hydrogen-bond acceptors (Lipinski definition) is 3. The molecule has 0 aromatic rings. The zero-order valence-electron chi connectivity index (χ0n) is 8.83. The minimum atomic E-state index is -0.103. The van der Waals surface area contributed by atoms with Crippen LogP contribution in [0.2, 0.25) is 0 Å². The SMILES string of the molecule is CSC(C)CNC(=O)C(C)C(C)N. The molecule has 3 unspecified atom stereocenters. The van der Waals surface area contributed by atoms with Crippen molar-refractivity contribution in [1.29, 1.82) is 0 Å². The number of thioether (sulfide) groups is 1. The average Bonchev–Trinajstić information content (AvgIpc) is 2.11. The first-order valence-electron chi connectivity index (χ1n) is 4.55. The van der Waals surface area contributed by atoms with Gasteiger partial charge in [0.15, 0.2) is 0 Å². The molecule has 3 atom stereocenters. The summed E-state index contributed by atoms with van der Waals surface area (Å²) in [5.74, 6) is -0.0510. The van der Waals surface area contributed by atoms with Crippen LogP contribution in [0.5, 0.6) is 0 Å². The number of hydrogen-bond donors (Lipinski definition) is 2. The Morgan fingerprint density at radius 3 is 2.38 bits per heavy atom. The second-order valence-corrected chi connectivity index (χ2v) is 4.72. The van der Waals surface area contributed by atoms with E-state index in [1.807, 2.05) is 20.1 Å². The van der Waals surface area contributed by atoms with Crippen LogP contribution in [0.25, 0.3) is 0 Å². The zero-order valence-corrected chi connectivity index (χ0v) is 9.65. The van der Waals surface area contributed by atoms with Crippen LogP contribution in [0, 0.1) is 5.92 Å². The number of amides is 1. The van der Waals surface area contributed by atoms with Gasteiger partial charge in [0.2, 0.25) is 5.91 Å². The highest BCUT2D eigenvalue weighted by atomic mass is 32.2. The molecule has 3 N–H and O–H groups in total. The summed E-state index contributed by atoms with van der Waals surface area (Å²) in [4.78, 5) is 11.4. The van der Waals surface area contributed by atoms with E-state index in [1.165, 1.54) is 0 Å². The van der Waals surface area contributed by atoms with Crippen molar-refractivity contribution in [2.45, 2.75) is 32.1 Å². The molecule has 78 valence electrons. The van der Waals surface area contributed by atoms with E-state index in [9.17, 15) is 4.79 Å². The molecule has 4 heteroatoms. The Kier molecular flexibility index (Phi) is 6.16. The van der Waals surface area contributed by atoms with Gasteiger partial charge in [-0.25, -0.2) is 0 Å². The maximum absolute atomic E-state index is 11.4. The van der Waals surface area contributed by atoms with Crippen molar-refractivity contribution < 1.29 is 4.79 Å². The van der Waals surface area contributed by atoms with Crippen LogP contribution in [0.3, 0.4) is 0 Å². The van der Waals surface area contributed by atoms with Crippen LogP contribution in [0.1, 0.15) is 20.8 Å². The Morgan fingerprint density at radius 2 is 2.00 bits per heavy atom. The molecule has 3 nitrogen and oxygen atoms in total. The minimum absolute atomic E-state index is 0.0518. The van der Waals surface area contributed by atoms with Crippen molar-refractivity contribution in [3.05, 3.63) is 0 Å². The largest absolute Gasteiger partial charge is 0.355 e. The number of nitrogens with one attached hydrogen (secondary N) is 1. The van der Waals surface area contributed by atoms with Crippen molar-refractivity contribution in [2.75, 3.05) is 12.8 Å². The van der Waals surface area contributed by atoms with E-state index >= 15 is 0 Å². The van der Waals surface area contributed by atoms with Crippen LogP contribution in [0.4, 0.5) is 0 Å². The third kappa shape index (κ3) is 5.16. The lowest BCUT2D eigenvalue weighted by Crippen LogP contribution is -2.40. The Labute approximate surface area is 84.8 Å². The third-order valence-electron chi connectivity index (χ3n) is 2.17. The first-order chi connectivity index (χ1) is 5.99. The van der Waals surface area contributed by atoms with E-state index in [1.54, 1.807) is 11.8 Å². The molecular formula is C9H20N2OS. The number of carbonyl (C=O) groups is 1. The zero-order chi connectivity index (χ0) is 10.4. The number of nitrogens with two attached hydrogens (primary N) is 1. The predicted molar refractivity (Wildman–Crippen MR) is 58.8 cm³/mol. The molecule has 0 aliphatic carbocycles. The topological polar surface area (TPSA) is 55.1 Å². The predicted octanol–water partition coefficient (Wildman–Crippen LogP) is 0.837. The quantitative estimate of drug-likeness (QED) is 0.697. The molecule has 0 saturated heterocycles. The summed E-state index contributed by atoms with van der Waals surface area (Å²) < 4.78 is 0. The maximum Gasteiger partial charge on any atom is 0.224 e. The van der Waals surface area contributed by atoms with E-state index in [2.05, 4.69) is 12.2 Å². The summed E-state index contributed by atoms with van der Waals surface area (Å²) in [5, 5.41) is 3.34. The lowest BCUT2D eigenvalue weighted by atomic mass is 10.0. The monoisotopic (exact) mass is 204 g/mol. The van der Waals surface area contributed by atoms with Crippen LogP contribution in [-0.2, 0) is 4.79 Å². The summed E-state index contributed by atoms with van der Waals surface area (Å²) >= 11 is 1.74. The van der Waals surface area contributed by atoms with Gasteiger partial charge in [-0.15, -0.1) is 0 Å². The Bertz CT molecular complexity index is 162. The van der Waals surface area contributed by atoms with Gasteiger partial charge in [-0.2, -0.15) is 11.8 Å². The number of carbonyl (C=O) groups excluding carboxylic acids is 1. The second-order valence-electron chi connectivity index (χ2n) is 3.44. The molecule has 0 aliphatic rings. The van der Waals surface area contributed by atoms with Crippen LogP contribution >= 0.6 is 11.8 Å². The first kappa shape index (κ1) is 12.8. The Hall–Kier alpha value is -0.220. The molecule has 0 fully saturated rings. The Morgan fingerprint density at radius 1 is 1.46 bits per heavy atom. The van der Waals surface area contributed by atoms with Gasteiger partial charge in [0, 0.05) is 23.8 Å². The molecule has 0 saturated carbocycles. The van der Waals surface area contributed by atoms with Gasteiger partial charge >= 0.3 is 0 Å². The van der Waals surface area contributed by atoms with Gasteiger partial charge in [-0.3, -0.25) is 4.79 Å². The smallest absolute Gasteiger partial charge is 0.224 e. The van der Waals surface area contributed by atoms with E-state index in [0.717, 1.165) is 6.54 Å².